The van der Waals surface area contributed by atoms with Crippen molar-refractivity contribution >= 4 is 15.7 Å². The molecule has 1 aliphatic heterocycles. The third-order valence-corrected chi connectivity index (χ3v) is 5.09. The Kier molecular flexibility index (Phi) is 3.82. The number of β-amino-alcohol motifs (C(OH)–C–C–N with tert-alkyl or cyclic N) is 2. The van der Waals surface area contributed by atoms with Gasteiger partial charge in [-0.15, -0.1) is 0 Å². The number of sulfonamides is 1. The molecule has 0 aliphatic carbocycles. The maximum atomic E-state index is 12.2. The average molecular weight is 286 g/mol. The van der Waals surface area contributed by atoms with E-state index < -0.39 is 22.2 Å². The highest BCUT2D eigenvalue weighted by Gasteiger charge is 2.33. The molecule has 1 heterocycles. The lowest BCUT2D eigenvalue weighted by molar-refractivity contribution is 0.0572. The number of hydrogen-bond acceptors (Lipinski definition) is 5. The van der Waals surface area contributed by atoms with E-state index in [-0.39, 0.29) is 18.0 Å². The molecule has 2 rings (SSSR count). The number of benzene rings is 1. The highest BCUT2D eigenvalue weighted by atomic mass is 32.2. The van der Waals surface area contributed by atoms with Gasteiger partial charge in [0.25, 0.3) is 0 Å². The molecule has 2 atom stereocenters. The van der Waals surface area contributed by atoms with Crippen LogP contribution in [0.4, 0.5) is 5.69 Å². The van der Waals surface area contributed by atoms with Crippen molar-refractivity contribution in [2.45, 2.75) is 17.1 Å². The Morgan fingerprint density at radius 2 is 1.68 bits per heavy atom. The predicted molar refractivity (Wildman–Crippen MR) is 71.5 cm³/mol. The van der Waals surface area contributed by atoms with Crippen LogP contribution in [0.1, 0.15) is 0 Å². The van der Waals surface area contributed by atoms with Crippen LogP contribution in [0.3, 0.4) is 0 Å². The van der Waals surface area contributed by atoms with Gasteiger partial charge in [-0.1, -0.05) is 12.1 Å². The molecule has 0 spiro atoms. The van der Waals surface area contributed by atoms with Crippen LogP contribution in [0.15, 0.2) is 29.2 Å². The molecule has 0 bridgehead atoms. The third-order valence-electron chi connectivity index (χ3n) is 3.22. The van der Waals surface area contributed by atoms with Crippen molar-refractivity contribution in [3.8, 4) is 0 Å². The number of aliphatic hydroxyl groups is 2. The van der Waals surface area contributed by atoms with Crippen molar-refractivity contribution in [2.24, 2.45) is 0 Å². The quantitative estimate of drug-likeness (QED) is 0.781. The zero-order valence-corrected chi connectivity index (χ0v) is 11.7. The molecule has 1 aromatic rings. The van der Waals surface area contributed by atoms with Gasteiger partial charge in [0.15, 0.2) is 0 Å². The second-order valence-corrected chi connectivity index (χ2v) is 6.92. The second kappa shape index (κ2) is 5.09. The average Bonchev–Trinajstić information content (AvgIpc) is 2.69. The highest BCUT2D eigenvalue weighted by Crippen LogP contribution is 2.29. The van der Waals surface area contributed by atoms with E-state index in [1.165, 1.54) is 20.2 Å². The second-order valence-electron chi connectivity index (χ2n) is 4.79. The minimum atomic E-state index is -3.55. The fourth-order valence-electron chi connectivity index (χ4n) is 2.10. The summed E-state index contributed by atoms with van der Waals surface area (Å²) in [6, 6.07) is 6.60. The number of nitrogens with zero attached hydrogens (tertiary/aromatic N) is 2. The van der Waals surface area contributed by atoms with E-state index in [1.807, 2.05) is 0 Å². The zero-order chi connectivity index (χ0) is 14.2. The first-order valence-corrected chi connectivity index (χ1v) is 7.40. The smallest absolute Gasteiger partial charge is 0.244 e. The molecular formula is C12H18N2O4S. The maximum Gasteiger partial charge on any atom is 0.244 e. The molecule has 1 aromatic carbocycles. The zero-order valence-electron chi connectivity index (χ0n) is 10.9. The molecule has 2 unspecified atom stereocenters. The van der Waals surface area contributed by atoms with Gasteiger partial charge in [-0.05, 0) is 12.1 Å². The largest absolute Gasteiger partial charge is 0.389 e. The first-order valence-electron chi connectivity index (χ1n) is 5.96. The molecular weight excluding hydrogens is 268 g/mol. The van der Waals surface area contributed by atoms with Crippen molar-refractivity contribution in [2.75, 3.05) is 32.1 Å². The highest BCUT2D eigenvalue weighted by molar-refractivity contribution is 7.89. The van der Waals surface area contributed by atoms with E-state index in [0.717, 1.165) is 4.31 Å². The van der Waals surface area contributed by atoms with Crippen molar-refractivity contribution < 1.29 is 18.6 Å². The van der Waals surface area contributed by atoms with Gasteiger partial charge in [0, 0.05) is 27.2 Å². The van der Waals surface area contributed by atoms with Crippen molar-refractivity contribution in [3.05, 3.63) is 24.3 Å². The molecule has 19 heavy (non-hydrogen) atoms. The van der Waals surface area contributed by atoms with E-state index in [2.05, 4.69) is 0 Å². The normalized spacial score (nSPS) is 24.2. The summed E-state index contributed by atoms with van der Waals surface area (Å²) >= 11 is 0. The van der Waals surface area contributed by atoms with Crippen LogP contribution < -0.4 is 4.90 Å². The summed E-state index contributed by atoms with van der Waals surface area (Å²) in [5, 5.41) is 19.2. The SMILES string of the molecule is CN(C)S(=O)(=O)c1ccccc1N1CC(O)C(O)C1. The number of hydrogen-bond donors (Lipinski definition) is 2. The molecule has 0 amide bonds. The predicted octanol–water partition coefficient (Wildman–Crippen LogP) is -0.521. The Morgan fingerprint density at radius 3 is 2.21 bits per heavy atom. The Morgan fingerprint density at radius 1 is 1.16 bits per heavy atom. The van der Waals surface area contributed by atoms with Crippen LogP contribution >= 0.6 is 0 Å². The molecule has 106 valence electrons. The summed E-state index contributed by atoms with van der Waals surface area (Å²) in [6.45, 7) is 0.447. The van der Waals surface area contributed by atoms with Crippen LogP contribution in [0, 0.1) is 0 Å². The molecule has 0 saturated carbocycles. The summed E-state index contributed by atoms with van der Waals surface area (Å²) in [7, 11) is -0.608. The van der Waals surface area contributed by atoms with E-state index in [9.17, 15) is 18.6 Å². The van der Waals surface area contributed by atoms with Gasteiger partial charge < -0.3 is 15.1 Å². The van der Waals surface area contributed by atoms with Crippen LogP contribution in [0.25, 0.3) is 0 Å². The van der Waals surface area contributed by atoms with Crippen molar-refractivity contribution in [1.82, 2.24) is 4.31 Å². The standard InChI is InChI=1S/C12H18N2O4S/c1-13(2)19(17,18)12-6-4-3-5-9(12)14-7-10(15)11(16)8-14/h3-6,10-11,15-16H,7-8H2,1-2H3. The number of para-hydroxylation sites is 1. The van der Waals surface area contributed by atoms with Gasteiger partial charge in [0.2, 0.25) is 10.0 Å². The molecule has 2 N–H and O–H groups in total. The molecule has 1 fully saturated rings. The molecule has 1 aliphatic rings. The summed E-state index contributed by atoms with van der Waals surface area (Å²) in [5.41, 5.74) is 0.506. The van der Waals surface area contributed by atoms with Crippen LogP contribution in [0.5, 0.6) is 0 Å². The number of rotatable bonds is 3. The minimum absolute atomic E-state index is 0.182. The number of aliphatic hydroxyl groups excluding tert-OH is 2. The molecule has 0 radical (unpaired) electrons. The lowest BCUT2D eigenvalue weighted by atomic mass is 10.3. The molecule has 1 saturated heterocycles. The topological polar surface area (TPSA) is 81.1 Å². The van der Waals surface area contributed by atoms with Crippen LogP contribution in [-0.4, -0.2) is 62.3 Å². The molecule has 7 heteroatoms. The van der Waals surface area contributed by atoms with Crippen LogP contribution in [-0.2, 0) is 10.0 Å². The van der Waals surface area contributed by atoms with E-state index in [0.29, 0.717) is 5.69 Å². The monoisotopic (exact) mass is 286 g/mol. The lowest BCUT2D eigenvalue weighted by Crippen LogP contribution is -2.27. The molecule has 0 aromatic heterocycles. The summed E-state index contributed by atoms with van der Waals surface area (Å²) in [5.74, 6) is 0. The van der Waals surface area contributed by atoms with Gasteiger partial charge in [-0.2, -0.15) is 0 Å². The first-order chi connectivity index (χ1) is 8.84. The third kappa shape index (κ3) is 2.59. The summed E-state index contributed by atoms with van der Waals surface area (Å²) in [6.07, 6.45) is -1.70. The summed E-state index contributed by atoms with van der Waals surface area (Å²) in [4.78, 5) is 1.87. The lowest BCUT2D eigenvalue weighted by Gasteiger charge is -2.22. The first kappa shape index (κ1) is 14.3. The Balaban J connectivity index is 2.44. The number of anilines is 1. The van der Waals surface area contributed by atoms with Crippen LogP contribution in [0.2, 0.25) is 0 Å². The minimum Gasteiger partial charge on any atom is -0.389 e. The van der Waals surface area contributed by atoms with Gasteiger partial charge in [0.1, 0.15) is 4.90 Å². The Bertz CT molecular complexity index is 549. The Labute approximate surface area is 112 Å². The fourth-order valence-corrected chi connectivity index (χ4v) is 3.20. The summed E-state index contributed by atoms with van der Waals surface area (Å²) < 4.78 is 25.6. The van der Waals surface area contributed by atoms with Crippen molar-refractivity contribution in [1.29, 1.82) is 0 Å². The van der Waals surface area contributed by atoms with Crippen molar-refractivity contribution in [3.63, 3.8) is 0 Å². The van der Waals surface area contributed by atoms with E-state index in [4.69, 9.17) is 0 Å². The maximum absolute atomic E-state index is 12.2. The van der Waals surface area contributed by atoms with E-state index >= 15 is 0 Å². The Hall–Kier alpha value is -1.15. The van der Waals surface area contributed by atoms with Gasteiger partial charge in [0.05, 0.1) is 17.9 Å². The van der Waals surface area contributed by atoms with E-state index in [1.54, 1.807) is 23.1 Å². The van der Waals surface area contributed by atoms with Gasteiger partial charge >= 0.3 is 0 Å². The van der Waals surface area contributed by atoms with Gasteiger partial charge in [-0.25, -0.2) is 12.7 Å². The fraction of sp³-hybridized carbons (Fsp3) is 0.500. The molecule has 6 nitrogen and oxygen atoms in total. The van der Waals surface area contributed by atoms with Gasteiger partial charge in [-0.3, -0.25) is 0 Å².